The largest absolute Gasteiger partial charge is 0.481 e. The molecule has 0 radical (unpaired) electrons. The summed E-state index contributed by atoms with van der Waals surface area (Å²) in [6, 6.07) is 0. The molecule has 4 rings (SSSR count). The average Bonchev–Trinajstić information content (AvgIpc) is 3.35. The minimum Gasteiger partial charge on any atom is -0.481 e. The lowest BCUT2D eigenvalue weighted by molar-refractivity contribution is -0.200. The monoisotopic (exact) mass is 476 g/mol. The van der Waals surface area contributed by atoms with Crippen molar-refractivity contribution in [2.45, 2.75) is 111 Å². The smallest absolute Gasteiger partial charge is 0.303 e. The van der Waals surface area contributed by atoms with Crippen molar-refractivity contribution < 1.29 is 24.2 Å². The van der Waals surface area contributed by atoms with Crippen LogP contribution in [0.25, 0.3) is 0 Å². The lowest BCUT2D eigenvalue weighted by atomic mass is 9.49. The summed E-state index contributed by atoms with van der Waals surface area (Å²) in [4.78, 5) is 25.7. The van der Waals surface area contributed by atoms with Crippen LogP contribution in [-0.4, -0.2) is 35.9 Å². The number of aliphatic carboxylic acids is 1. The van der Waals surface area contributed by atoms with Crippen molar-refractivity contribution in [3.05, 3.63) is 0 Å². The van der Waals surface area contributed by atoms with Crippen LogP contribution in [0, 0.1) is 46.3 Å². The topological polar surface area (TPSA) is 72.8 Å². The zero-order valence-electron chi connectivity index (χ0n) is 22.2. The van der Waals surface area contributed by atoms with Crippen molar-refractivity contribution in [3.63, 3.8) is 0 Å². The van der Waals surface area contributed by atoms with Crippen molar-refractivity contribution in [1.82, 2.24) is 0 Å². The van der Waals surface area contributed by atoms with E-state index in [2.05, 4.69) is 34.6 Å². The SMILES string of the molecule is CC(C)CCC[C@@H](C)[C@H]1CCC2C(CC(=O)O)C([C@@]3(C)CCC4(CC3=O)OCCO4)CC[C@@]21C. The number of carboxylic acid groups (broad SMARTS) is 1. The fraction of sp³-hybridized carbons (Fsp3) is 0.931. The van der Waals surface area contributed by atoms with E-state index < -0.39 is 17.2 Å². The van der Waals surface area contributed by atoms with E-state index in [1.165, 1.54) is 25.7 Å². The molecule has 1 heterocycles. The molecule has 1 spiro atoms. The lowest BCUT2D eigenvalue weighted by Gasteiger charge is -2.55. The normalized spacial score (nSPS) is 40.6. The van der Waals surface area contributed by atoms with E-state index in [0.29, 0.717) is 37.4 Å². The van der Waals surface area contributed by atoms with Gasteiger partial charge in [-0.25, -0.2) is 0 Å². The second-order valence-electron chi connectivity index (χ2n) is 13.1. The molecule has 3 unspecified atom stereocenters. The zero-order valence-corrected chi connectivity index (χ0v) is 22.2. The minimum atomic E-state index is -0.716. The Hall–Kier alpha value is -0.940. The standard InChI is InChI=1S/C29H48O5/c1-19(2)7-6-8-20(3)22-9-10-23-21(17-26(31)32)24(11-12-27(22,23)4)28(5)13-14-29(18-25(28)30)33-15-16-34-29/h19-24H,6-18H2,1-5H3,(H,31,32)/t20-,21?,22-,23?,24?,27-,28-/m1/s1. The molecule has 0 aromatic rings. The highest BCUT2D eigenvalue weighted by atomic mass is 16.7. The summed E-state index contributed by atoms with van der Waals surface area (Å²) < 4.78 is 11.7. The van der Waals surface area contributed by atoms with Gasteiger partial charge >= 0.3 is 5.97 Å². The second-order valence-corrected chi connectivity index (χ2v) is 13.1. The maximum Gasteiger partial charge on any atom is 0.303 e. The molecule has 4 fully saturated rings. The summed E-state index contributed by atoms with van der Waals surface area (Å²) in [6.07, 6.45) is 10.3. The molecule has 0 aromatic heterocycles. The number of ketones is 1. The van der Waals surface area contributed by atoms with Gasteiger partial charge in [-0.05, 0) is 73.0 Å². The van der Waals surface area contributed by atoms with Gasteiger partial charge in [0.1, 0.15) is 5.78 Å². The van der Waals surface area contributed by atoms with Crippen molar-refractivity contribution in [1.29, 1.82) is 0 Å². The summed E-state index contributed by atoms with van der Waals surface area (Å²) in [5.41, 5.74) is -0.274. The summed E-state index contributed by atoms with van der Waals surface area (Å²) in [5, 5.41) is 9.92. The van der Waals surface area contributed by atoms with Crippen LogP contribution in [0.3, 0.4) is 0 Å². The van der Waals surface area contributed by atoms with E-state index in [1.807, 2.05) is 0 Å². The number of ether oxygens (including phenoxy) is 2. The Balaban J connectivity index is 1.52. The molecule has 1 saturated heterocycles. The average molecular weight is 477 g/mol. The maximum atomic E-state index is 13.6. The first-order chi connectivity index (χ1) is 16.0. The van der Waals surface area contributed by atoms with Gasteiger partial charge in [0.25, 0.3) is 0 Å². The minimum absolute atomic E-state index is 0.0810. The van der Waals surface area contributed by atoms with Crippen LogP contribution in [0.5, 0.6) is 0 Å². The molecule has 34 heavy (non-hydrogen) atoms. The molecule has 0 bridgehead atoms. The number of hydrogen-bond donors (Lipinski definition) is 1. The molecule has 3 aliphatic carbocycles. The highest BCUT2D eigenvalue weighted by molar-refractivity contribution is 5.86. The third-order valence-corrected chi connectivity index (χ3v) is 10.8. The number of carboxylic acids is 1. The van der Waals surface area contributed by atoms with E-state index in [9.17, 15) is 14.7 Å². The van der Waals surface area contributed by atoms with Crippen molar-refractivity contribution in [3.8, 4) is 0 Å². The number of hydrogen-bond acceptors (Lipinski definition) is 4. The number of fused-ring (bicyclic) bond motifs is 1. The Labute approximate surface area is 206 Å². The van der Waals surface area contributed by atoms with Crippen LogP contribution < -0.4 is 0 Å². The number of rotatable bonds is 8. The van der Waals surface area contributed by atoms with Gasteiger partial charge in [0.15, 0.2) is 5.79 Å². The molecule has 194 valence electrons. The lowest BCUT2D eigenvalue weighted by Crippen LogP contribution is -2.54. The van der Waals surface area contributed by atoms with Crippen LogP contribution in [0.2, 0.25) is 0 Å². The van der Waals surface area contributed by atoms with Crippen molar-refractivity contribution in [2.24, 2.45) is 46.3 Å². The molecule has 4 aliphatic rings. The number of carbonyl (C=O) groups excluding carboxylic acids is 1. The Morgan fingerprint density at radius 2 is 1.71 bits per heavy atom. The van der Waals surface area contributed by atoms with Crippen LogP contribution in [0.4, 0.5) is 0 Å². The molecule has 0 aromatic carbocycles. The van der Waals surface area contributed by atoms with Gasteiger partial charge in [0.05, 0.1) is 19.6 Å². The Morgan fingerprint density at radius 1 is 1.00 bits per heavy atom. The third-order valence-electron chi connectivity index (χ3n) is 10.8. The highest BCUT2D eigenvalue weighted by Crippen LogP contribution is 2.65. The molecule has 5 heteroatoms. The molecule has 3 saturated carbocycles. The first-order valence-electron chi connectivity index (χ1n) is 14.0. The highest BCUT2D eigenvalue weighted by Gasteiger charge is 2.61. The van der Waals surface area contributed by atoms with Crippen molar-refractivity contribution >= 4 is 11.8 Å². The van der Waals surface area contributed by atoms with E-state index in [1.54, 1.807) is 0 Å². The Bertz CT molecular complexity index is 756. The van der Waals surface area contributed by atoms with Gasteiger partial charge in [-0.2, -0.15) is 0 Å². The van der Waals surface area contributed by atoms with Gasteiger partial charge in [-0.1, -0.05) is 53.9 Å². The predicted octanol–water partition coefficient (Wildman–Crippen LogP) is 6.48. The van der Waals surface area contributed by atoms with Crippen LogP contribution in [0.15, 0.2) is 0 Å². The van der Waals surface area contributed by atoms with Crippen LogP contribution in [0.1, 0.15) is 105 Å². The van der Waals surface area contributed by atoms with Gasteiger partial charge in [-0.15, -0.1) is 0 Å². The number of carbonyl (C=O) groups is 2. The van der Waals surface area contributed by atoms with E-state index in [0.717, 1.165) is 38.0 Å². The number of Topliss-reactive ketones (excluding diaryl/α,β-unsaturated/α-hetero) is 1. The molecule has 1 aliphatic heterocycles. The third kappa shape index (κ3) is 4.73. The van der Waals surface area contributed by atoms with Gasteiger partial charge in [0.2, 0.25) is 0 Å². The fourth-order valence-corrected chi connectivity index (χ4v) is 8.85. The molecule has 1 N–H and O–H groups in total. The van der Waals surface area contributed by atoms with E-state index in [-0.39, 0.29) is 29.5 Å². The van der Waals surface area contributed by atoms with Gasteiger partial charge in [-0.3, -0.25) is 9.59 Å². The van der Waals surface area contributed by atoms with Crippen molar-refractivity contribution in [2.75, 3.05) is 13.2 Å². The fourth-order valence-electron chi connectivity index (χ4n) is 8.85. The molecular formula is C29H48O5. The first kappa shape index (κ1) is 26.1. The Kier molecular flexibility index (Phi) is 7.56. The van der Waals surface area contributed by atoms with E-state index in [4.69, 9.17) is 9.47 Å². The molecule has 5 nitrogen and oxygen atoms in total. The van der Waals surface area contributed by atoms with Gasteiger partial charge < -0.3 is 14.6 Å². The summed E-state index contributed by atoms with van der Waals surface area (Å²) >= 11 is 0. The molecular weight excluding hydrogens is 428 g/mol. The molecule has 7 atom stereocenters. The van der Waals surface area contributed by atoms with Crippen LogP contribution in [-0.2, 0) is 19.1 Å². The first-order valence-corrected chi connectivity index (χ1v) is 14.0. The molecule has 0 amide bonds. The maximum absolute atomic E-state index is 13.6. The zero-order chi connectivity index (χ0) is 24.7. The quantitative estimate of drug-likeness (QED) is 0.434. The summed E-state index contributed by atoms with van der Waals surface area (Å²) in [7, 11) is 0. The summed E-state index contributed by atoms with van der Waals surface area (Å²) in [5.74, 6) is 1.52. The predicted molar refractivity (Wildman–Crippen MR) is 132 cm³/mol. The van der Waals surface area contributed by atoms with E-state index >= 15 is 0 Å². The summed E-state index contributed by atoms with van der Waals surface area (Å²) in [6.45, 7) is 12.7. The second kappa shape index (κ2) is 9.84. The van der Waals surface area contributed by atoms with Gasteiger partial charge in [0, 0.05) is 18.3 Å². The Morgan fingerprint density at radius 3 is 2.32 bits per heavy atom. The van der Waals surface area contributed by atoms with Crippen LogP contribution >= 0.6 is 0 Å².